The molecular formula is C11H14N2O3S. The van der Waals surface area contributed by atoms with Crippen molar-refractivity contribution in [3.8, 4) is 0 Å². The van der Waals surface area contributed by atoms with E-state index in [1.165, 1.54) is 16.7 Å². The minimum Gasteiger partial charge on any atom is -0.480 e. The SMILES string of the molecule is CCn1cccc1C(=O)N1CSC[C@H]1C(=O)O. The molecule has 0 saturated carbocycles. The summed E-state index contributed by atoms with van der Waals surface area (Å²) in [6.45, 7) is 2.65. The van der Waals surface area contributed by atoms with Crippen molar-refractivity contribution in [2.24, 2.45) is 0 Å². The second-order valence-electron chi connectivity index (χ2n) is 3.81. The number of nitrogens with zero attached hydrogens (tertiary/aromatic N) is 2. The first-order chi connectivity index (χ1) is 8.15. The highest BCUT2D eigenvalue weighted by molar-refractivity contribution is 7.99. The molecule has 1 N–H and O–H groups in total. The highest BCUT2D eigenvalue weighted by Gasteiger charge is 2.35. The Morgan fingerprint density at radius 2 is 2.35 bits per heavy atom. The molecule has 6 heteroatoms. The maximum absolute atomic E-state index is 12.2. The first-order valence-corrected chi connectivity index (χ1v) is 6.57. The Morgan fingerprint density at radius 1 is 1.59 bits per heavy atom. The number of aromatic nitrogens is 1. The van der Waals surface area contributed by atoms with Crippen molar-refractivity contribution in [3.63, 3.8) is 0 Å². The van der Waals surface area contributed by atoms with Crippen molar-refractivity contribution >= 4 is 23.6 Å². The molecule has 5 nitrogen and oxygen atoms in total. The highest BCUT2D eigenvalue weighted by atomic mass is 32.2. The average molecular weight is 254 g/mol. The largest absolute Gasteiger partial charge is 0.480 e. The van der Waals surface area contributed by atoms with Gasteiger partial charge in [-0.3, -0.25) is 4.79 Å². The fourth-order valence-corrected chi connectivity index (χ4v) is 3.02. The van der Waals surface area contributed by atoms with Gasteiger partial charge in [-0.05, 0) is 19.1 Å². The second-order valence-corrected chi connectivity index (χ2v) is 4.81. The van der Waals surface area contributed by atoms with E-state index in [-0.39, 0.29) is 5.91 Å². The molecule has 92 valence electrons. The van der Waals surface area contributed by atoms with Crippen LogP contribution in [-0.4, -0.2) is 44.1 Å². The van der Waals surface area contributed by atoms with Crippen molar-refractivity contribution in [2.45, 2.75) is 19.5 Å². The van der Waals surface area contributed by atoms with Gasteiger partial charge in [0.1, 0.15) is 11.7 Å². The van der Waals surface area contributed by atoms with E-state index in [2.05, 4.69) is 0 Å². The van der Waals surface area contributed by atoms with Crippen LogP contribution in [0.4, 0.5) is 0 Å². The summed E-state index contributed by atoms with van der Waals surface area (Å²) < 4.78 is 1.82. The Kier molecular flexibility index (Phi) is 3.42. The quantitative estimate of drug-likeness (QED) is 0.877. The molecule has 0 spiro atoms. The Labute approximate surface area is 103 Å². The molecule has 1 amide bonds. The van der Waals surface area contributed by atoms with Gasteiger partial charge in [-0.2, -0.15) is 0 Å². The molecule has 1 saturated heterocycles. The average Bonchev–Trinajstić information content (AvgIpc) is 2.96. The van der Waals surface area contributed by atoms with E-state index < -0.39 is 12.0 Å². The topological polar surface area (TPSA) is 62.5 Å². The summed E-state index contributed by atoms with van der Waals surface area (Å²) in [5.74, 6) is -0.217. The number of carboxylic acids is 1. The summed E-state index contributed by atoms with van der Waals surface area (Å²) >= 11 is 1.47. The molecule has 2 heterocycles. The van der Waals surface area contributed by atoms with Gasteiger partial charge in [0.05, 0.1) is 5.88 Å². The third kappa shape index (κ3) is 2.17. The molecule has 0 aromatic carbocycles. The van der Waals surface area contributed by atoms with E-state index in [1.807, 2.05) is 17.7 Å². The molecule has 0 bridgehead atoms. The lowest BCUT2D eigenvalue weighted by atomic mass is 10.2. The number of hydrogen-bond acceptors (Lipinski definition) is 3. The van der Waals surface area contributed by atoms with Gasteiger partial charge in [-0.15, -0.1) is 11.8 Å². The number of aryl methyl sites for hydroxylation is 1. The van der Waals surface area contributed by atoms with Gasteiger partial charge in [0, 0.05) is 18.5 Å². The molecule has 1 aliphatic rings. The number of amides is 1. The normalized spacial score (nSPS) is 19.6. The summed E-state index contributed by atoms with van der Waals surface area (Å²) in [5, 5.41) is 9.04. The summed E-state index contributed by atoms with van der Waals surface area (Å²) in [5.41, 5.74) is 0.557. The van der Waals surface area contributed by atoms with Crippen LogP contribution in [0.25, 0.3) is 0 Å². The number of thioether (sulfide) groups is 1. The highest BCUT2D eigenvalue weighted by Crippen LogP contribution is 2.23. The van der Waals surface area contributed by atoms with Crippen molar-refractivity contribution in [3.05, 3.63) is 24.0 Å². The number of carbonyl (C=O) groups excluding carboxylic acids is 1. The van der Waals surface area contributed by atoms with Crippen LogP contribution in [0.3, 0.4) is 0 Å². The number of rotatable bonds is 3. The Bertz CT molecular complexity index is 444. The van der Waals surface area contributed by atoms with Crippen LogP contribution in [-0.2, 0) is 11.3 Å². The summed E-state index contributed by atoms with van der Waals surface area (Å²) in [4.78, 5) is 24.7. The third-order valence-electron chi connectivity index (χ3n) is 2.82. The molecule has 1 fully saturated rings. The lowest BCUT2D eigenvalue weighted by Gasteiger charge is -2.21. The van der Waals surface area contributed by atoms with Gasteiger partial charge in [-0.25, -0.2) is 4.79 Å². The summed E-state index contributed by atoms with van der Waals surface area (Å²) in [7, 11) is 0. The Balaban J connectivity index is 2.23. The molecule has 0 radical (unpaired) electrons. The third-order valence-corrected chi connectivity index (χ3v) is 3.83. The van der Waals surface area contributed by atoms with E-state index in [0.29, 0.717) is 23.9 Å². The molecule has 1 aliphatic heterocycles. The van der Waals surface area contributed by atoms with Crippen LogP contribution in [0.2, 0.25) is 0 Å². The van der Waals surface area contributed by atoms with Crippen molar-refractivity contribution in [1.29, 1.82) is 0 Å². The van der Waals surface area contributed by atoms with Gasteiger partial charge in [0.15, 0.2) is 0 Å². The van der Waals surface area contributed by atoms with E-state index >= 15 is 0 Å². The molecule has 1 atom stereocenters. The molecule has 1 aromatic heterocycles. The predicted octanol–water partition coefficient (Wildman–Crippen LogP) is 1.11. The zero-order valence-electron chi connectivity index (χ0n) is 9.50. The molecule has 0 aliphatic carbocycles. The zero-order chi connectivity index (χ0) is 12.4. The molecule has 1 aromatic rings. The minimum atomic E-state index is -0.932. The molecular weight excluding hydrogens is 240 g/mol. The maximum Gasteiger partial charge on any atom is 0.327 e. The fourth-order valence-electron chi connectivity index (χ4n) is 1.88. The number of carbonyl (C=O) groups is 2. The number of aliphatic carboxylic acids is 1. The van der Waals surface area contributed by atoms with Crippen molar-refractivity contribution in [1.82, 2.24) is 9.47 Å². The number of hydrogen-bond donors (Lipinski definition) is 1. The van der Waals surface area contributed by atoms with Crippen LogP contribution in [0.15, 0.2) is 18.3 Å². The van der Waals surface area contributed by atoms with Crippen LogP contribution in [0, 0.1) is 0 Å². The van der Waals surface area contributed by atoms with Gasteiger partial charge in [-0.1, -0.05) is 0 Å². The first-order valence-electron chi connectivity index (χ1n) is 5.41. The van der Waals surface area contributed by atoms with E-state index in [9.17, 15) is 9.59 Å². The Hall–Kier alpha value is -1.43. The van der Waals surface area contributed by atoms with E-state index in [0.717, 1.165) is 0 Å². The fraction of sp³-hybridized carbons (Fsp3) is 0.455. The lowest BCUT2D eigenvalue weighted by molar-refractivity contribution is -0.140. The van der Waals surface area contributed by atoms with E-state index in [1.54, 1.807) is 12.1 Å². The van der Waals surface area contributed by atoms with Crippen molar-refractivity contribution < 1.29 is 14.7 Å². The summed E-state index contributed by atoms with van der Waals surface area (Å²) in [6, 6.07) is 2.83. The minimum absolute atomic E-state index is 0.200. The van der Waals surface area contributed by atoms with Gasteiger partial charge >= 0.3 is 5.97 Å². The molecule has 0 unspecified atom stereocenters. The smallest absolute Gasteiger partial charge is 0.327 e. The predicted molar refractivity (Wildman–Crippen MR) is 65.0 cm³/mol. The zero-order valence-corrected chi connectivity index (χ0v) is 10.3. The Morgan fingerprint density at radius 3 is 3.00 bits per heavy atom. The van der Waals surface area contributed by atoms with Crippen LogP contribution < -0.4 is 0 Å². The van der Waals surface area contributed by atoms with Crippen LogP contribution in [0.5, 0.6) is 0 Å². The van der Waals surface area contributed by atoms with Crippen LogP contribution >= 0.6 is 11.8 Å². The van der Waals surface area contributed by atoms with Crippen molar-refractivity contribution in [2.75, 3.05) is 11.6 Å². The lowest BCUT2D eigenvalue weighted by Crippen LogP contribution is -2.42. The monoisotopic (exact) mass is 254 g/mol. The maximum atomic E-state index is 12.2. The second kappa shape index (κ2) is 4.83. The molecule has 17 heavy (non-hydrogen) atoms. The first kappa shape index (κ1) is 12.0. The summed E-state index contributed by atoms with van der Waals surface area (Å²) in [6.07, 6.45) is 1.83. The van der Waals surface area contributed by atoms with Gasteiger partial charge in [0.25, 0.3) is 5.91 Å². The van der Waals surface area contributed by atoms with Crippen LogP contribution in [0.1, 0.15) is 17.4 Å². The van der Waals surface area contributed by atoms with E-state index in [4.69, 9.17) is 5.11 Å². The van der Waals surface area contributed by atoms with Gasteiger partial charge in [0.2, 0.25) is 0 Å². The standard InChI is InChI=1S/C11H14N2O3S/c1-2-12-5-3-4-8(12)10(14)13-7-17-6-9(13)11(15)16/h3-5,9H,2,6-7H2,1H3,(H,15,16)/t9-/m0/s1. The number of carboxylic acid groups (broad SMARTS) is 1. The molecule has 2 rings (SSSR count). The van der Waals surface area contributed by atoms with Gasteiger partial charge < -0.3 is 14.6 Å².